The predicted octanol–water partition coefficient (Wildman–Crippen LogP) is 2.97. The van der Waals surface area contributed by atoms with Gasteiger partial charge in [0.15, 0.2) is 0 Å². The molecule has 0 saturated heterocycles. The number of nitrogens with two attached hydrogens (primary N) is 1. The second-order valence-corrected chi connectivity index (χ2v) is 6.31. The molecular weight excluding hydrogens is 268 g/mol. The van der Waals surface area contributed by atoms with Gasteiger partial charge in [0.25, 0.3) is 0 Å². The van der Waals surface area contributed by atoms with Gasteiger partial charge in [0.2, 0.25) is 0 Å². The number of benzene rings is 1. The molecule has 1 aromatic rings. The third-order valence-electron chi connectivity index (χ3n) is 3.56. The highest BCUT2D eigenvalue weighted by Crippen LogP contribution is 2.36. The zero-order valence-electron chi connectivity index (χ0n) is 11.5. The summed E-state index contributed by atoms with van der Waals surface area (Å²) in [5.41, 5.74) is 8.45. The first-order chi connectivity index (χ1) is 9.83. The van der Waals surface area contributed by atoms with E-state index in [-0.39, 0.29) is 6.10 Å². The molecule has 1 atom stereocenters. The Balaban J connectivity index is 1.60. The van der Waals surface area contributed by atoms with Gasteiger partial charge in [-0.25, -0.2) is 0 Å². The minimum absolute atomic E-state index is 0.180. The molecule has 3 rings (SSSR count). The topological polar surface area (TPSA) is 47.6 Å². The first-order valence-corrected chi connectivity index (χ1v) is 8.11. The molecule has 0 aromatic heterocycles. The lowest BCUT2D eigenvalue weighted by molar-refractivity contribution is 0.0817. The third-order valence-corrected chi connectivity index (χ3v) is 4.49. The van der Waals surface area contributed by atoms with Gasteiger partial charge < -0.3 is 10.5 Å². The number of thioether (sulfide) groups is 1. The maximum atomic E-state index is 6.12. The van der Waals surface area contributed by atoms with Gasteiger partial charge in [-0.2, -0.15) is 0 Å². The first-order valence-electron chi connectivity index (χ1n) is 7.13. The van der Waals surface area contributed by atoms with Crippen molar-refractivity contribution in [2.45, 2.75) is 24.7 Å². The van der Waals surface area contributed by atoms with Crippen LogP contribution in [0, 0.1) is 5.92 Å². The molecule has 1 heterocycles. The number of nitrogens with zero attached hydrogens (tertiary/aromatic N) is 1. The molecule has 1 saturated carbocycles. The van der Waals surface area contributed by atoms with Crippen LogP contribution in [-0.2, 0) is 10.5 Å². The van der Waals surface area contributed by atoms with Crippen molar-refractivity contribution in [1.29, 1.82) is 0 Å². The highest BCUT2D eigenvalue weighted by Gasteiger charge is 2.35. The van der Waals surface area contributed by atoms with Crippen LogP contribution >= 0.6 is 11.8 Å². The fraction of sp³-hybridized carbons (Fsp3) is 0.438. The molecular formula is C16H20N2OS. The molecule has 1 fully saturated rings. The van der Waals surface area contributed by atoms with E-state index in [1.165, 1.54) is 18.4 Å². The Kier molecular flexibility index (Phi) is 4.43. The summed E-state index contributed by atoms with van der Waals surface area (Å²) in [6.45, 7) is 1.50. The van der Waals surface area contributed by atoms with E-state index in [9.17, 15) is 0 Å². The fourth-order valence-corrected chi connectivity index (χ4v) is 3.09. The third kappa shape index (κ3) is 3.64. The Hall–Kier alpha value is -1.26. The van der Waals surface area contributed by atoms with Crippen LogP contribution in [-0.4, -0.2) is 25.0 Å². The van der Waals surface area contributed by atoms with Crippen LogP contribution in [0.4, 0.5) is 0 Å². The lowest BCUT2D eigenvalue weighted by Gasteiger charge is -2.22. The van der Waals surface area contributed by atoms with Crippen molar-refractivity contribution in [2.75, 3.05) is 13.2 Å². The van der Waals surface area contributed by atoms with Gasteiger partial charge >= 0.3 is 0 Å². The summed E-state index contributed by atoms with van der Waals surface area (Å²) >= 11 is 1.66. The largest absolute Gasteiger partial charge is 0.393 e. The van der Waals surface area contributed by atoms with Crippen molar-refractivity contribution in [3.63, 3.8) is 0 Å². The molecule has 2 N–H and O–H groups in total. The van der Waals surface area contributed by atoms with Gasteiger partial charge in [-0.05, 0) is 30.4 Å². The lowest BCUT2D eigenvalue weighted by Crippen LogP contribution is -2.31. The summed E-state index contributed by atoms with van der Waals surface area (Å²) in [7, 11) is 0. The van der Waals surface area contributed by atoms with Gasteiger partial charge in [0.1, 0.15) is 6.10 Å². The van der Waals surface area contributed by atoms with Crippen molar-refractivity contribution in [1.82, 2.24) is 0 Å². The summed E-state index contributed by atoms with van der Waals surface area (Å²) in [4.78, 5) is 4.59. The minimum atomic E-state index is 0.180. The van der Waals surface area contributed by atoms with Gasteiger partial charge in [-0.15, -0.1) is 11.8 Å². The average Bonchev–Trinajstić information content (AvgIpc) is 3.31. The van der Waals surface area contributed by atoms with Crippen LogP contribution in [0.2, 0.25) is 0 Å². The van der Waals surface area contributed by atoms with Crippen molar-refractivity contribution in [2.24, 2.45) is 16.6 Å². The monoisotopic (exact) mass is 288 g/mol. The normalized spacial score (nSPS) is 23.5. The number of hydrogen-bond donors (Lipinski definition) is 1. The lowest BCUT2D eigenvalue weighted by atomic mass is 10.1. The number of aliphatic imine (C=N–C) groups is 1. The fourth-order valence-electron chi connectivity index (χ4n) is 2.36. The molecule has 20 heavy (non-hydrogen) atoms. The van der Waals surface area contributed by atoms with Gasteiger partial charge in [-0.3, -0.25) is 4.99 Å². The summed E-state index contributed by atoms with van der Waals surface area (Å²) in [6, 6.07) is 10.4. The maximum Gasteiger partial charge on any atom is 0.102 e. The summed E-state index contributed by atoms with van der Waals surface area (Å²) < 4.78 is 5.84. The molecule has 106 valence electrons. The predicted molar refractivity (Wildman–Crippen MR) is 84.8 cm³/mol. The Morgan fingerprint density at radius 2 is 2.15 bits per heavy atom. The van der Waals surface area contributed by atoms with Crippen molar-refractivity contribution in [3.05, 3.63) is 47.0 Å². The molecule has 4 heteroatoms. The van der Waals surface area contributed by atoms with E-state index in [2.05, 4.69) is 29.3 Å². The zero-order valence-corrected chi connectivity index (χ0v) is 12.3. The van der Waals surface area contributed by atoms with Crippen molar-refractivity contribution < 1.29 is 4.74 Å². The van der Waals surface area contributed by atoms with Crippen LogP contribution in [0.5, 0.6) is 0 Å². The molecule has 0 spiro atoms. The molecule has 2 aliphatic rings. The Morgan fingerprint density at radius 3 is 2.90 bits per heavy atom. The minimum Gasteiger partial charge on any atom is -0.393 e. The van der Waals surface area contributed by atoms with E-state index < -0.39 is 0 Å². The van der Waals surface area contributed by atoms with E-state index in [1.807, 2.05) is 12.1 Å². The van der Waals surface area contributed by atoms with E-state index in [0.717, 1.165) is 29.6 Å². The van der Waals surface area contributed by atoms with Crippen LogP contribution in [0.25, 0.3) is 0 Å². The number of hydrogen-bond acceptors (Lipinski definition) is 4. The van der Waals surface area contributed by atoms with Crippen molar-refractivity contribution in [3.8, 4) is 0 Å². The Labute approximate surface area is 124 Å². The SMILES string of the molecule is NC(=CC1=NCCOC1C1CC1)SCc1ccccc1. The standard InChI is InChI=1S/C16H20N2OS/c17-15(20-11-12-4-2-1-3-5-12)10-14-16(13-6-7-13)19-9-8-18-14/h1-5,10,13,16H,6-9,11,17H2. The Morgan fingerprint density at radius 1 is 1.35 bits per heavy atom. The number of ether oxygens (including phenoxy) is 1. The first kappa shape index (κ1) is 13.7. The molecule has 1 aliphatic carbocycles. The molecule has 1 aromatic carbocycles. The van der Waals surface area contributed by atoms with Crippen LogP contribution in [0.3, 0.4) is 0 Å². The maximum absolute atomic E-state index is 6.12. The highest BCUT2D eigenvalue weighted by molar-refractivity contribution is 8.02. The van der Waals surface area contributed by atoms with Crippen LogP contribution < -0.4 is 5.73 Å². The molecule has 3 nitrogen and oxygen atoms in total. The van der Waals surface area contributed by atoms with Crippen molar-refractivity contribution >= 4 is 17.5 Å². The molecule has 1 aliphatic heterocycles. The van der Waals surface area contributed by atoms with Crippen LogP contribution in [0.15, 0.2) is 46.4 Å². The van der Waals surface area contributed by atoms with Gasteiger partial charge in [0.05, 0.1) is 23.9 Å². The van der Waals surface area contributed by atoms with E-state index in [4.69, 9.17) is 10.5 Å². The molecule has 0 amide bonds. The number of rotatable bonds is 5. The molecule has 1 unspecified atom stereocenters. The zero-order chi connectivity index (χ0) is 13.8. The molecule has 0 bridgehead atoms. The van der Waals surface area contributed by atoms with Crippen LogP contribution in [0.1, 0.15) is 18.4 Å². The van der Waals surface area contributed by atoms with E-state index >= 15 is 0 Å². The van der Waals surface area contributed by atoms with Gasteiger partial charge in [-0.1, -0.05) is 30.3 Å². The second kappa shape index (κ2) is 6.46. The quantitative estimate of drug-likeness (QED) is 0.906. The summed E-state index contributed by atoms with van der Waals surface area (Å²) in [5.74, 6) is 1.56. The second-order valence-electron chi connectivity index (χ2n) is 5.26. The molecule has 0 radical (unpaired) electrons. The van der Waals surface area contributed by atoms with E-state index in [1.54, 1.807) is 11.8 Å². The smallest absolute Gasteiger partial charge is 0.102 e. The Bertz CT molecular complexity index is 508. The summed E-state index contributed by atoms with van der Waals surface area (Å²) in [5, 5.41) is 0.823. The average molecular weight is 288 g/mol. The summed E-state index contributed by atoms with van der Waals surface area (Å²) in [6.07, 6.45) is 4.71. The van der Waals surface area contributed by atoms with E-state index in [0.29, 0.717) is 5.92 Å². The highest BCUT2D eigenvalue weighted by atomic mass is 32.2. The van der Waals surface area contributed by atoms with Gasteiger partial charge in [0, 0.05) is 5.75 Å².